The molecule has 0 radical (unpaired) electrons. The molecule has 1 aliphatic rings. The lowest BCUT2D eigenvalue weighted by Crippen LogP contribution is -1.91. The highest BCUT2D eigenvalue weighted by atomic mass is 14.7. The van der Waals surface area contributed by atoms with Crippen LogP contribution in [-0.4, -0.2) is 9.97 Å². The molecule has 0 bridgehead atoms. The first-order valence-electron chi connectivity index (χ1n) is 20.9. The van der Waals surface area contributed by atoms with Gasteiger partial charge >= 0.3 is 0 Å². The van der Waals surface area contributed by atoms with Crippen molar-refractivity contribution in [2.45, 2.75) is 6.42 Å². The molecule has 2 heterocycles. The topological polar surface area (TPSA) is 25.8 Å². The summed E-state index contributed by atoms with van der Waals surface area (Å²) in [5.41, 5.74) is 23.1. The van der Waals surface area contributed by atoms with E-state index in [2.05, 4.69) is 218 Å². The molecule has 61 heavy (non-hydrogen) atoms. The first-order valence-corrected chi connectivity index (χ1v) is 20.9. The maximum atomic E-state index is 5.15. The van der Waals surface area contributed by atoms with Crippen LogP contribution in [0, 0.1) is 0 Å². The molecular formula is C59H40N2. The largest absolute Gasteiger partial charge is 0.248 e. The van der Waals surface area contributed by atoms with Gasteiger partial charge in [-0.15, -0.1) is 0 Å². The highest BCUT2D eigenvalue weighted by molar-refractivity contribution is 5.86. The third-order valence-corrected chi connectivity index (χ3v) is 11.9. The van der Waals surface area contributed by atoms with Crippen molar-refractivity contribution in [2.75, 3.05) is 0 Å². The SMILES string of the molecule is c1ccc(-c2cc(-c3ccccc3)nc(-c3ccc(-c4ccc5c(c4)-c4cc(-c6ccc(-c7cc(-c8ccccc8)cc(-c8ccccc8)n7)cc6)ccc4C5)cc3)c2)cc1. The van der Waals surface area contributed by atoms with E-state index in [4.69, 9.17) is 9.97 Å². The summed E-state index contributed by atoms with van der Waals surface area (Å²) in [7, 11) is 0. The summed E-state index contributed by atoms with van der Waals surface area (Å²) >= 11 is 0. The van der Waals surface area contributed by atoms with Crippen molar-refractivity contribution in [3.05, 3.63) is 242 Å². The molecule has 0 N–H and O–H groups in total. The maximum absolute atomic E-state index is 5.15. The Labute approximate surface area is 357 Å². The molecule has 10 aromatic rings. The fourth-order valence-electron chi connectivity index (χ4n) is 8.66. The summed E-state index contributed by atoms with van der Waals surface area (Å²) in [6, 6.07) is 82.5. The Morgan fingerprint density at radius 1 is 0.213 bits per heavy atom. The molecule has 0 saturated carbocycles. The van der Waals surface area contributed by atoms with Crippen LogP contribution in [0.4, 0.5) is 0 Å². The summed E-state index contributed by atoms with van der Waals surface area (Å²) in [5.74, 6) is 0. The second-order valence-corrected chi connectivity index (χ2v) is 15.8. The van der Waals surface area contributed by atoms with Crippen LogP contribution in [0.5, 0.6) is 0 Å². The molecule has 0 amide bonds. The predicted octanol–water partition coefficient (Wildman–Crippen LogP) is 15.4. The maximum Gasteiger partial charge on any atom is 0.0715 e. The first-order chi connectivity index (χ1) is 30.2. The molecule has 2 nitrogen and oxygen atoms in total. The van der Waals surface area contributed by atoms with Crippen molar-refractivity contribution in [3.8, 4) is 101 Å². The van der Waals surface area contributed by atoms with E-state index in [-0.39, 0.29) is 0 Å². The van der Waals surface area contributed by atoms with Gasteiger partial charge in [-0.25, -0.2) is 9.97 Å². The van der Waals surface area contributed by atoms with Gasteiger partial charge < -0.3 is 0 Å². The van der Waals surface area contributed by atoms with Gasteiger partial charge in [0.25, 0.3) is 0 Å². The summed E-state index contributed by atoms with van der Waals surface area (Å²) < 4.78 is 0. The minimum Gasteiger partial charge on any atom is -0.248 e. The van der Waals surface area contributed by atoms with E-state index in [0.29, 0.717) is 0 Å². The summed E-state index contributed by atoms with van der Waals surface area (Å²) in [6.45, 7) is 0. The van der Waals surface area contributed by atoms with Gasteiger partial charge in [0.05, 0.1) is 22.8 Å². The number of aromatic nitrogens is 2. The van der Waals surface area contributed by atoms with Gasteiger partial charge in [0.2, 0.25) is 0 Å². The lowest BCUT2D eigenvalue weighted by atomic mass is 9.95. The zero-order valence-electron chi connectivity index (χ0n) is 33.5. The predicted molar refractivity (Wildman–Crippen MR) is 254 cm³/mol. The van der Waals surface area contributed by atoms with Crippen LogP contribution in [0.1, 0.15) is 11.1 Å². The Bertz CT molecular complexity index is 2820. The minimum atomic E-state index is 0.948. The van der Waals surface area contributed by atoms with Crippen LogP contribution in [0.25, 0.3) is 101 Å². The molecule has 0 fully saturated rings. The van der Waals surface area contributed by atoms with Crippen molar-refractivity contribution >= 4 is 0 Å². The zero-order valence-corrected chi connectivity index (χ0v) is 33.5. The molecule has 286 valence electrons. The molecule has 1 aliphatic carbocycles. The number of pyridine rings is 2. The van der Waals surface area contributed by atoms with Crippen LogP contribution >= 0.6 is 0 Å². The molecule has 2 heteroatoms. The molecule has 2 aromatic heterocycles. The van der Waals surface area contributed by atoms with E-state index >= 15 is 0 Å². The molecule has 0 aliphatic heterocycles. The number of rotatable bonds is 8. The Morgan fingerprint density at radius 2 is 0.475 bits per heavy atom. The molecule has 0 atom stereocenters. The van der Waals surface area contributed by atoms with Gasteiger partial charge in [-0.3, -0.25) is 0 Å². The third-order valence-electron chi connectivity index (χ3n) is 11.9. The van der Waals surface area contributed by atoms with E-state index in [1.807, 2.05) is 12.1 Å². The number of nitrogens with zero attached hydrogens (tertiary/aromatic N) is 2. The van der Waals surface area contributed by atoms with Gasteiger partial charge in [0.1, 0.15) is 0 Å². The van der Waals surface area contributed by atoms with Crippen LogP contribution in [0.3, 0.4) is 0 Å². The van der Waals surface area contributed by atoms with Gasteiger partial charge in [-0.1, -0.05) is 194 Å². The quantitative estimate of drug-likeness (QED) is 0.154. The average Bonchev–Trinajstić information content (AvgIpc) is 3.72. The van der Waals surface area contributed by atoms with Gasteiger partial charge in [0.15, 0.2) is 0 Å². The van der Waals surface area contributed by atoms with Crippen molar-refractivity contribution in [3.63, 3.8) is 0 Å². The second-order valence-electron chi connectivity index (χ2n) is 15.8. The minimum absolute atomic E-state index is 0.948. The van der Waals surface area contributed by atoms with Crippen LogP contribution in [0.2, 0.25) is 0 Å². The molecule has 0 saturated heterocycles. The number of hydrogen-bond acceptors (Lipinski definition) is 2. The van der Waals surface area contributed by atoms with Crippen molar-refractivity contribution in [1.29, 1.82) is 0 Å². The van der Waals surface area contributed by atoms with E-state index in [1.165, 1.54) is 55.6 Å². The molecule has 8 aromatic carbocycles. The number of hydrogen-bond donors (Lipinski definition) is 0. The van der Waals surface area contributed by atoms with Gasteiger partial charge in [-0.05, 0) is 110 Å². The standard InChI is InChI=1S/C59H40N2/c1-5-13-40(14-6-1)52-36-56(44-17-9-3-10-18-44)60-58(38-52)46-25-21-42(22-26-46)48-29-31-50-33-51-32-30-49(35-55(51)54(50)34-48)43-23-27-47(28-24-43)59-39-53(41-15-7-2-8-16-41)37-57(61-59)45-19-11-4-12-20-45/h1-32,34-39H,33H2. The van der Waals surface area contributed by atoms with Crippen molar-refractivity contribution in [2.24, 2.45) is 0 Å². The number of benzene rings is 8. The Hall–Kier alpha value is -7.94. The van der Waals surface area contributed by atoms with E-state index in [9.17, 15) is 0 Å². The van der Waals surface area contributed by atoms with Crippen molar-refractivity contribution in [1.82, 2.24) is 9.97 Å². The Balaban J connectivity index is 0.883. The Morgan fingerprint density at radius 3 is 0.820 bits per heavy atom. The molecule has 11 rings (SSSR count). The molecule has 0 spiro atoms. The molecular weight excluding hydrogens is 737 g/mol. The fourth-order valence-corrected chi connectivity index (χ4v) is 8.66. The third kappa shape index (κ3) is 7.26. The smallest absolute Gasteiger partial charge is 0.0715 e. The Kier molecular flexibility index (Phi) is 9.29. The lowest BCUT2D eigenvalue weighted by molar-refractivity contribution is 1.26. The lowest BCUT2D eigenvalue weighted by Gasteiger charge is -2.12. The van der Waals surface area contributed by atoms with Crippen LogP contribution in [-0.2, 0) is 6.42 Å². The molecule has 0 unspecified atom stereocenters. The highest BCUT2D eigenvalue weighted by Crippen LogP contribution is 2.42. The van der Waals surface area contributed by atoms with Crippen molar-refractivity contribution < 1.29 is 0 Å². The normalized spacial score (nSPS) is 11.5. The fraction of sp³-hybridized carbons (Fsp3) is 0.0169. The summed E-state index contributed by atoms with van der Waals surface area (Å²) in [6.07, 6.45) is 0.948. The van der Waals surface area contributed by atoms with E-state index in [0.717, 1.165) is 62.6 Å². The van der Waals surface area contributed by atoms with Crippen LogP contribution < -0.4 is 0 Å². The first kappa shape index (κ1) is 36.2. The van der Waals surface area contributed by atoms with E-state index in [1.54, 1.807) is 0 Å². The summed E-state index contributed by atoms with van der Waals surface area (Å²) in [5, 5.41) is 0. The van der Waals surface area contributed by atoms with Gasteiger partial charge in [0, 0.05) is 22.3 Å². The second kappa shape index (κ2) is 15.7. The summed E-state index contributed by atoms with van der Waals surface area (Å²) in [4.78, 5) is 10.3. The monoisotopic (exact) mass is 776 g/mol. The number of fused-ring (bicyclic) bond motifs is 3. The van der Waals surface area contributed by atoms with Gasteiger partial charge in [-0.2, -0.15) is 0 Å². The highest BCUT2D eigenvalue weighted by Gasteiger charge is 2.20. The van der Waals surface area contributed by atoms with E-state index < -0.39 is 0 Å². The van der Waals surface area contributed by atoms with Crippen LogP contribution in [0.15, 0.2) is 231 Å². The average molecular weight is 777 g/mol. The zero-order chi connectivity index (χ0) is 40.5.